The molecule has 0 spiro atoms. The van der Waals surface area contributed by atoms with Crippen molar-refractivity contribution in [1.29, 1.82) is 0 Å². The number of nitrogens with two attached hydrogens (primary N) is 1. The van der Waals surface area contributed by atoms with E-state index in [1.165, 1.54) is 0 Å². The molecule has 0 saturated carbocycles. The summed E-state index contributed by atoms with van der Waals surface area (Å²) in [7, 11) is 0. The molecule has 0 aliphatic rings. The van der Waals surface area contributed by atoms with Crippen LogP contribution in [0.3, 0.4) is 0 Å². The molecule has 0 aromatic heterocycles. The molecule has 1 aromatic rings. The van der Waals surface area contributed by atoms with Crippen LogP contribution in [0.4, 0.5) is 5.69 Å². The summed E-state index contributed by atoms with van der Waals surface area (Å²) in [5.74, 6) is 0.888. The van der Waals surface area contributed by atoms with E-state index in [9.17, 15) is 0 Å². The molecular weight excluding hydrogens is 282 g/mol. The van der Waals surface area contributed by atoms with Gasteiger partial charge in [0, 0.05) is 15.1 Å². The van der Waals surface area contributed by atoms with E-state index in [4.69, 9.17) is 17.3 Å². The molecule has 0 bridgehead atoms. The number of hydrogen-bond acceptors (Lipinski definition) is 2. The summed E-state index contributed by atoms with van der Waals surface area (Å²) in [4.78, 5) is 1.09. The summed E-state index contributed by atoms with van der Waals surface area (Å²) in [5, 5.41) is 0.595. The summed E-state index contributed by atoms with van der Waals surface area (Å²) < 4.78 is 0.977. The second kappa shape index (κ2) is 5.10. The number of halogens is 2. The zero-order valence-electron chi connectivity index (χ0n) is 7.81. The maximum Gasteiger partial charge on any atom is 0.0647 e. The van der Waals surface area contributed by atoms with E-state index in [-0.39, 0.29) is 0 Å². The molecule has 0 saturated heterocycles. The van der Waals surface area contributed by atoms with Crippen molar-refractivity contribution in [3.63, 3.8) is 0 Å². The van der Waals surface area contributed by atoms with Gasteiger partial charge >= 0.3 is 0 Å². The van der Waals surface area contributed by atoms with Crippen molar-refractivity contribution < 1.29 is 0 Å². The van der Waals surface area contributed by atoms with Gasteiger partial charge in [-0.3, -0.25) is 0 Å². The largest absolute Gasteiger partial charge is 0.397 e. The van der Waals surface area contributed by atoms with Crippen LogP contribution in [0.5, 0.6) is 0 Å². The highest BCUT2D eigenvalue weighted by Gasteiger charge is 2.05. The first-order chi connectivity index (χ1) is 6.50. The van der Waals surface area contributed by atoms with Crippen LogP contribution in [0.25, 0.3) is 0 Å². The fraction of sp³-hybridized carbons (Fsp3) is 0.200. The third kappa shape index (κ3) is 3.23. The van der Waals surface area contributed by atoms with Crippen LogP contribution in [0.2, 0.25) is 5.02 Å². The minimum absolute atomic E-state index is 0.595. The number of rotatable bonds is 3. The molecule has 0 heterocycles. The van der Waals surface area contributed by atoms with E-state index in [1.807, 2.05) is 19.1 Å². The normalized spacial score (nSPS) is 10.2. The predicted octanol–water partition coefficient (Wildman–Crippen LogP) is 4.35. The minimum Gasteiger partial charge on any atom is -0.397 e. The van der Waals surface area contributed by atoms with E-state index in [1.54, 1.807) is 11.8 Å². The van der Waals surface area contributed by atoms with Crippen molar-refractivity contribution in [3.05, 3.63) is 33.8 Å². The molecular formula is C10H11BrClNS. The molecule has 1 aromatic carbocycles. The van der Waals surface area contributed by atoms with Gasteiger partial charge in [-0.15, -0.1) is 11.8 Å². The molecule has 0 fully saturated rings. The van der Waals surface area contributed by atoms with Crippen LogP contribution in [0.15, 0.2) is 33.7 Å². The van der Waals surface area contributed by atoms with Crippen LogP contribution in [0, 0.1) is 0 Å². The minimum atomic E-state index is 0.595. The SMILES string of the molecule is C=C(C)CSc1cc(Cl)c(N)cc1Br. The Labute approximate surface area is 102 Å². The summed E-state index contributed by atoms with van der Waals surface area (Å²) in [5.41, 5.74) is 7.39. The van der Waals surface area contributed by atoms with Crippen molar-refractivity contribution in [1.82, 2.24) is 0 Å². The highest BCUT2D eigenvalue weighted by atomic mass is 79.9. The van der Waals surface area contributed by atoms with E-state index in [0.717, 1.165) is 20.7 Å². The first-order valence-corrected chi connectivity index (χ1v) is 6.18. The molecule has 0 unspecified atom stereocenters. The van der Waals surface area contributed by atoms with Gasteiger partial charge in [0.2, 0.25) is 0 Å². The molecule has 76 valence electrons. The van der Waals surface area contributed by atoms with Crippen molar-refractivity contribution in [3.8, 4) is 0 Å². The van der Waals surface area contributed by atoms with Crippen LogP contribution < -0.4 is 5.73 Å². The third-order valence-electron chi connectivity index (χ3n) is 1.53. The Balaban J connectivity index is 2.87. The Morgan fingerprint density at radius 3 is 2.86 bits per heavy atom. The van der Waals surface area contributed by atoms with E-state index in [2.05, 4.69) is 22.5 Å². The fourth-order valence-electron chi connectivity index (χ4n) is 0.856. The summed E-state index contributed by atoms with van der Waals surface area (Å²) in [6.45, 7) is 5.85. The van der Waals surface area contributed by atoms with E-state index in [0.29, 0.717) is 10.7 Å². The second-order valence-corrected chi connectivity index (χ2v) is 5.33. The Kier molecular flexibility index (Phi) is 4.35. The molecule has 0 amide bonds. The van der Waals surface area contributed by atoms with Gasteiger partial charge in [-0.1, -0.05) is 23.8 Å². The van der Waals surface area contributed by atoms with Crippen molar-refractivity contribution in [2.24, 2.45) is 0 Å². The molecule has 2 N–H and O–H groups in total. The summed E-state index contributed by atoms with van der Waals surface area (Å²) in [6, 6.07) is 3.69. The van der Waals surface area contributed by atoms with Gasteiger partial charge in [0.15, 0.2) is 0 Å². The number of anilines is 1. The zero-order chi connectivity index (χ0) is 10.7. The highest BCUT2D eigenvalue weighted by Crippen LogP contribution is 2.34. The monoisotopic (exact) mass is 291 g/mol. The maximum absolute atomic E-state index is 5.92. The van der Waals surface area contributed by atoms with Gasteiger partial charge in [-0.2, -0.15) is 0 Å². The molecule has 4 heteroatoms. The molecule has 0 aliphatic carbocycles. The standard InChI is InChI=1S/C10H11BrClNS/c1-6(2)5-14-10-4-8(12)9(13)3-7(10)11/h3-4H,1,5,13H2,2H3. The topological polar surface area (TPSA) is 26.0 Å². The van der Waals surface area contributed by atoms with Gasteiger partial charge in [0.1, 0.15) is 0 Å². The van der Waals surface area contributed by atoms with Gasteiger partial charge in [-0.05, 0) is 35.0 Å². The van der Waals surface area contributed by atoms with Crippen molar-refractivity contribution in [2.75, 3.05) is 11.5 Å². The molecule has 0 radical (unpaired) electrons. The third-order valence-corrected chi connectivity index (χ3v) is 4.06. The highest BCUT2D eigenvalue weighted by molar-refractivity contribution is 9.10. The van der Waals surface area contributed by atoms with E-state index >= 15 is 0 Å². The Morgan fingerprint density at radius 1 is 1.64 bits per heavy atom. The van der Waals surface area contributed by atoms with Gasteiger partial charge < -0.3 is 5.73 Å². The first kappa shape index (κ1) is 12.0. The summed E-state index contributed by atoms with van der Waals surface area (Å²) in [6.07, 6.45) is 0. The Morgan fingerprint density at radius 2 is 2.29 bits per heavy atom. The molecule has 0 atom stereocenters. The summed E-state index contributed by atoms with van der Waals surface area (Å²) >= 11 is 11.1. The lowest BCUT2D eigenvalue weighted by molar-refractivity contribution is 1.38. The molecule has 1 rings (SSSR count). The average Bonchev–Trinajstić information content (AvgIpc) is 2.09. The van der Waals surface area contributed by atoms with Crippen molar-refractivity contribution in [2.45, 2.75) is 11.8 Å². The van der Waals surface area contributed by atoms with Gasteiger partial charge in [0.25, 0.3) is 0 Å². The lowest BCUT2D eigenvalue weighted by Crippen LogP contribution is -1.88. The Hall–Kier alpha value is -0.120. The van der Waals surface area contributed by atoms with Crippen molar-refractivity contribution >= 4 is 45.0 Å². The van der Waals surface area contributed by atoms with Crippen LogP contribution in [-0.2, 0) is 0 Å². The predicted molar refractivity (Wildman–Crippen MR) is 69.1 cm³/mol. The number of nitrogen functional groups attached to an aromatic ring is 1. The fourth-order valence-corrected chi connectivity index (χ4v) is 2.59. The lowest BCUT2D eigenvalue weighted by Gasteiger charge is -2.06. The molecule has 0 aliphatic heterocycles. The van der Waals surface area contributed by atoms with Crippen LogP contribution >= 0.6 is 39.3 Å². The number of thioether (sulfide) groups is 1. The second-order valence-electron chi connectivity index (χ2n) is 3.05. The maximum atomic E-state index is 5.92. The van der Waals surface area contributed by atoms with Gasteiger partial charge in [0.05, 0.1) is 10.7 Å². The lowest BCUT2D eigenvalue weighted by atomic mass is 10.3. The first-order valence-electron chi connectivity index (χ1n) is 4.02. The number of benzene rings is 1. The molecule has 14 heavy (non-hydrogen) atoms. The molecule has 1 nitrogen and oxygen atoms in total. The zero-order valence-corrected chi connectivity index (χ0v) is 11.0. The van der Waals surface area contributed by atoms with Gasteiger partial charge in [-0.25, -0.2) is 0 Å². The average molecular weight is 293 g/mol. The van der Waals surface area contributed by atoms with Crippen LogP contribution in [-0.4, -0.2) is 5.75 Å². The number of hydrogen-bond donors (Lipinski definition) is 1. The quantitative estimate of drug-likeness (QED) is 0.509. The Bertz CT molecular complexity index is 365. The van der Waals surface area contributed by atoms with E-state index < -0.39 is 0 Å². The van der Waals surface area contributed by atoms with Crippen LogP contribution in [0.1, 0.15) is 6.92 Å². The smallest absolute Gasteiger partial charge is 0.0647 e.